The molecule has 0 radical (unpaired) electrons. The molecule has 0 saturated heterocycles. The van der Waals surface area contributed by atoms with Gasteiger partial charge in [0.25, 0.3) is 0 Å². The molecular weight excluding hydrogens is 457 g/mol. The molecule has 3 aromatic rings. The molecule has 3 aromatic carbocycles. The van der Waals surface area contributed by atoms with E-state index in [9.17, 15) is 14.4 Å². The van der Waals surface area contributed by atoms with Crippen LogP contribution in [0.3, 0.4) is 0 Å². The average molecular weight is 478 g/mol. The number of rotatable bonds is 7. The first-order valence-electron chi connectivity index (χ1n) is 9.96. The first-order chi connectivity index (χ1) is 15.1. The van der Waals surface area contributed by atoms with Crippen LogP contribution in [0.25, 0.3) is 11.1 Å². The molecule has 0 spiro atoms. The van der Waals surface area contributed by atoms with Crippen molar-refractivity contribution in [3.8, 4) is 11.1 Å². The van der Waals surface area contributed by atoms with Crippen molar-refractivity contribution >= 4 is 36.5 Å². The number of ether oxygens (including phenoxy) is 1. The van der Waals surface area contributed by atoms with E-state index in [-0.39, 0.29) is 17.2 Å². The third kappa shape index (κ3) is 4.45. The molecular formula is C25H21NO4Se. The molecule has 1 aliphatic carbocycles. The van der Waals surface area contributed by atoms with Gasteiger partial charge < -0.3 is 0 Å². The summed E-state index contributed by atoms with van der Waals surface area (Å²) < 4.78 is 6.08. The molecule has 1 atom stereocenters. The van der Waals surface area contributed by atoms with Crippen molar-refractivity contribution in [2.45, 2.75) is 18.9 Å². The molecule has 4 rings (SSSR count). The van der Waals surface area contributed by atoms with Gasteiger partial charge in [-0.05, 0) is 0 Å². The number of carbonyl (C=O) groups excluding carboxylic acids is 3. The Morgan fingerprint density at radius 3 is 2.19 bits per heavy atom. The van der Waals surface area contributed by atoms with Crippen molar-refractivity contribution in [2.75, 3.05) is 6.61 Å². The number of hydrogen-bond donors (Lipinski definition) is 1. The summed E-state index contributed by atoms with van der Waals surface area (Å²) in [7, 11) is 0. The zero-order valence-corrected chi connectivity index (χ0v) is 18.6. The topological polar surface area (TPSA) is 72.5 Å². The van der Waals surface area contributed by atoms with Crippen LogP contribution in [0.15, 0.2) is 72.8 Å². The fourth-order valence-electron chi connectivity index (χ4n) is 3.74. The molecule has 0 aliphatic heterocycles. The van der Waals surface area contributed by atoms with E-state index in [1.54, 1.807) is 31.2 Å². The van der Waals surface area contributed by atoms with Gasteiger partial charge in [-0.1, -0.05) is 0 Å². The summed E-state index contributed by atoms with van der Waals surface area (Å²) >= 11 is -0.576. The van der Waals surface area contributed by atoms with Gasteiger partial charge in [0.05, 0.1) is 0 Å². The molecule has 6 heteroatoms. The number of benzene rings is 3. The zero-order chi connectivity index (χ0) is 21.8. The van der Waals surface area contributed by atoms with Gasteiger partial charge in [-0.15, -0.1) is 0 Å². The van der Waals surface area contributed by atoms with Crippen LogP contribution in [0.1, 0.15) is 34.3 Å². The Kier molecular flexibility index (Phi) is 6.31. The molecule has 0 saturated carbocycles. The maximum atomic E-state index is 12.5. The zero-order valence-electron chi connectivity index (χ0n) is 16.9. The van der Waals surface area contributed by atoms with Crippen LogP contribution in [-0.2, 0) is 9.53 Å². The molecule has 0 aromatic heterocycles. The van der Waals surface area contributed by atoms with Gasteiger partial charge in [-0.25, -0.2) is 0 Å². The van der Waals surface area contributed by atoms with Crippen LogP contribution >= 0.6 is 0 Å². The Balaban J connectivity index is 1.37. The Morgan fingerprint density at radius 1 is 0.968 bits per heavy atom. The molecule has 5 nitrogen and oxygen atoms in total. The van der Waals surface area contributed by atoms with Crippen LogP contribution in [0.2, 0.25) is 0 Å². The number of fused-ring (bicyclic) bond motifs is 3. The van der Waals surface area contributed by atoms with Gasteiger partial charge in [-0.3, -0.25) is 0 Å². The first-order valence-corrected chi connectivity index (χ1v) is 11.7. The van der Waals surface area contributed by atoms with Gasteiger partial charge in [-0.2, -0.15) is 0 Å². The normalized spacial score (nSPS) is 13.1. The van der Waals surface area contributed by atoms with Gasteiger partial charge in [0, 0.05) is 0 Å². The Labute approximate surface area is 187 Å². The SMILES string of the molecule is C[C@H](NC(=O)OCC1c2ccccc2-c2ccccc21)C(=O)[Se]c1ccccc1C=O. The number of alkyl carbamates (subject to hydrolysis) is 1. The van der Waals surface area contributed by atoms with Crippen molar-refractivity contribution in [3.05, 3.63) is 89.5 Å². The van der Waals surface area contributed by atoms with E-state index in [4.69, 9.17) is 4.74 Å². The van der Waals surface area contributed by atoms with E-state index in [1.165, 1.54) is 0 Å². The minimum atomic E-state index is -0.699. The van der Waals surface area contributed by atoms with Crippen molar-refractivity contribution < 1.29 is 19.1 Å². The third-order valence-corrected chi connectivity index (χ3v) is 7.69. The fourth-order valence-corrected chi connectivity index (χ4v) is 5.49. The van der Waals surface area contributed by atoms with Gasteiger partial charge >= 0.3 is 187 Å². The summed E-state index contributed by atoms with van der Waals surface area (Å²) in [6.07, 6.45) is 0.121. The second-order valence-electron chi connectivity index (χ2n) is 7.27. The monoisotopic (exact) mass is 479 g/mol. The van der Waals surface area contributed by atoms with E-state index in [0.717, 1.165) is 28.5 Å². The summed E-state index contributed by atoms with van der Waals surface area (Å²) in [6, 6.07) is 22.5. The van der Waals surface area contributed by atoms with Crippen LogP contribution < -0.4 is 9.78 Å². The average Bonchev–Trinajstić information content (AvgIpc) is 3.11. The van der Waals surface area contributed by atoms with E-state index >= 15 is 0 Å². The Morgan fingerprint density at radius 2 is 1.55 bits per heavy atom. The summed E-state index contributed by atoms with van der Waals surface area (Å²) in [5.74, 6) is -0.0344. The molecule has 31 heavy (non-hydrogen) atoms. The third-order valence-electron chi connectivity index (χ3n) is 5.29. The molecule has 0 bridgehead atoms. The predicted molar refractivity (Wildman–Crippen MR) is 120 cm³/mol. The second-order valence-corrected chi connectivity index (χ2v) is 9.46. The summed E-state index contributed by atoms with van der Waals surface area (Å²) in [5, 5.41) is 2.63. The van der Waals surface area contributed by atoms with Crippen LogP contribution in [0.5, 0.6) is 0 Å². The Hall–Kier alpha value is -3.21. The molecule has 156 valence electrons. The fraction of sp³-hybridized carbons (Fsp3) is 0.160. The molecule has 1 N–H and O–H groups in total. The summed E-state index contributed by atoms with van der Waals surface area (Å²) in [6.45, 7) is 1.83. The van der Waals surface area contributed by atoms with Gasteiger partial charge in [0.1, 0.15) is 0 Å². The minimum absolute atomic E-state index is 0.0344. The van der Waals surface area contributed by atoms with E-state index in [0.29, 0.717) is 10.0 Å². The van der Waals surface area contributed by atoms with Crippen LogP contribution in [0.4, 0.5) is 4.79 Å². The molecule has 0 fully saturated rings. The number of nitrogens with one attached hydrogen (secondary N) is 1. The summed E-state index contributed by atoms with van der Waals surface area (Å²) in [4.78, 5) is 36.1. The van der Waals surface area contributed by atoms with Crippen molar-refractivity contribution in [2.24, 2.45) is 0 Å². The summed E-state index contributed by atoms with van der Waals surface area (Å²) in [5.41, 5.74) is 5.09. The molecule has 0 unspecified atom stereocenters. The number of carbonyl (C=O) groups is 3. The maximum absolute atomic E-state index is 12.5. The van der Waals surface area contributed by atoms with Crippen LogP contribution in [0, 0.1) is 0 Å². The number of hydrogen-bond acceptors (Lipinski definition) is 4. The number of aldehydes is 1. The molecule has 0 heterocycles. The van der Waals surface area contributed by atoms with Crippen molar-refractivity contribution in [1.82, 2.24) is 5.32 Å². The first kappa shape index (κ1) is 21.0. The van der Waals surface area contributed by atoms with Gasteiger partial charge in [0.15, 0.2) is 0 Å². The standard InChI is InChI=1S/C25H21NO4Se/c1-16(24(28)31-23-13-7-2-8-17(23)14-27)26-25(29)30-15-22-20-11-5-3-9-18(20)19-10-4-6-12-21(19)22/h2-14,16,22H,15H2,1H3,(H,26,29)/t16-/m0/s1. The predicted octanol–water partition coefficient (Wildman–Crippen LogP) is 3.28. The second kappa shape index (κ2) is 9.29. The van der Waals surface area contributed by atoms with Crippen molar-refractivity contribution in [3.63, 3.8) is 0 Å². The van der Waals surface area contributed by atoms with E-state index < -0.39 is 27.1 Å². The quantitative estimate of drug-likeness (QED) is 0.418. The van der Waals surface area contributed by atoms with Gasteiger partial charge in [0.2, 0.25) is 0 Å². The number of amides is 1. The van der Waals surface area contributed by atoms with Crippen molar-refractivity contribution in [1.29, 1.82) is 0 Å². The van der Waals surface area contributed by atoms with E-state index in [1.807, 2.05) is 24.3 Å². The van der Waals surface area contributed by atoms with Crippen LogP contribution in [-0.4, -0.2) is 44.7 Å². The molecule has 1 amide bonds. The Bertz CT molecular complexity index is 1100. The van der Waals surface area contributed by atoms with E-state index in [2.05, 4.69) is 29.6 Å². The molecule has 1 aliphatic rings.